The van der Waals surface area contributed by atoms with Crippen LogP contribution in [-0.4, -0.2) is 61.8 Å². The van der Waals surface area contributed by atoms with E-state index in [2.05, 4.69) is 25.7 Å². The molecule has 1 amide bonds. The number of fused-ring (bicyclic) bond motifs is 1. The number of anilines is 1. The van der Waals surface area contributed by atoms with Crippen molar-refractivity contribution >= 4 is 22.6 Å². The van der Waals surface area contributed by atoms with Crippen LogP contribution in [0.15, 0.2) is 30.7 Å². The number of rotatable bonds is 8. The van der Waals surface area contributed by atoms with Crippen LogP contribution in [0.4, 0.5) is 14.5 Å². The first-order chi connectivity index (χ1) is 15.1. The summed E-state index contributed by atoms with van der Waals surface area (Å²) in [7, 11) is 0. The first-order valence-corrected chi connectivity index (χ1v) is 9.85. The number of hydrogen-bond acceptors (Lipinski definition) is 7. The number of hydrogen-bond donors (Lipinski definition) is 3. The minimum Gasteiger partial charge on any atom is -0.387 e. The van der Waals surface area contributed by atoms with Crippen molar-refractivity contribution in [3.05, 3.63) is 41.9 Å². The summed E-state index contributed by atoms with van der Waals surface area (Å²) >= 11 is 0. The second kappa shape index (κ2) is 9.23. The Bertz CT molecular complexity index is 1170. The summed E-state index contributed by atoms with van der Waals surface area (Å²) in [6, 6.07) is 4.55. The van der Waals surface area contributed by atoms with E-state index in [1.54, 1.807) is 13.0 Å². The fraction of sp³-hybridized carbons (Fsp3) is 0.381. The lowest BCUT2D eigenvalue weighted by Gasteiger charge is -2.23. The molecule has 0 spiro atoms. The third-order valence-corrected chi connectivity index (χ3v) is 4.73. The summed E-state index contributed by atoms with van der Waals surface area (Å²) in [6.45, 7) is 3.11. The van der Waals surface area contributed by atoms with E-state index >= 15 is 0 Å². The van der Waals surface area contributed by atoms with Gasteiger partial charge in [-0.3, -0.25) is 4.79 Å². The highest BCUT2D eigenvalue weighted by Gasteiger charge is 2.27. The molecule has 168 valence electrons. The maximum atomic E-state index is 14.0. The number of amides is 1. The highest BCUT2D eigenvalue weighted by molar-refractivity contribution is 5.99. The van der Waals surface area contributed by atoms with E-state index < -0.39 is 36.9 Å². The minimum absolute atomic E-state index is 0.0770. The molecular weight excluding hydrogens is 420 g/mol. The van der Waals surface area contributed by atoms with E-state index in [9.17, 15) is 18.7 Å². The molecule has 0 saturated carbocycles. The zero-order chi connectivity index (χ0) is 23.5. The quantitative estimate of drug-likeness (QED) is 0.487. The second-order valence-corrected chi connectivity index (χ2v) is 7.92. The monoisotopic (exact) mass is 443 g/mol. The number of nitriles is 1. The predicted octanol–water partition coefficient (Wildman–Crippen LogP) is 2.30. The standard InChI is InChI=1S/C21H23F2N7O2/c1-12(6-22)29-16-5-18(30-19-14(9-28-30)4-13(7-24)8-26-19)25-10-15(16)20(31)27-11-17(23)21(2,3)32/h4-5,8-10,12,17,32H,6,11H2,1-3H3,(H,25,29)(H,27,31). The lowest BCUT2D eigenvalue weighted by Crippen LogP contribution is -2.42. The van der Waals surface area contributed by atoms with Gasteiger partial charge in [0.25, 0.3) is 5.91 Å². The summed E-state index contributed by atoms with van der Waals surface area (Å²) in [6.07, 6.45) is 2.52. The molecule has 2 unspecified atom stereocenters. The molecule has 0 bridgehead atoms. The van der Waals surface area contributed by atoms with Gasteiger partial charge in [0.2, 0.25) is 0 Å². The van der Waals surface area contributed by atoms with Gasteiger partial charge >= 0.3 is 0 Å². The molecule has 3 rings (SSSR count). The molecule has 0 aliphatic heterocycles. The molecule has 0 aromatic carbocycles. The Kier molecular flexibility index (Phi) is 6.64. The molecule has 32 heavy (non-hydrogen) atoms. The van der Waals surface area contributed by atoms with Gasteiger partial charge in [0.05, 0.1) is 41.2 Å². The Morgan fingerprint density at radius 2 is 2.06 bits per heavy atom. The van der Waals surface area contributed by atoms with Crippen LogP contribution in [0, 0.1) is 11.3 Å². The van der Waals surface area contributed by atoms with Gasteiger partial charge in [-0.05, 0) is 26.8 Å². The van der Waals surface area contributed by atoms with Crippen LogP contribution in [0.1, 0.15) is 36.7 Å². The molecule has 3 aromatic heterocycles. The van der Waals surface area contributed by atoms with Crippen LogP contribution >= 0.6 is 0 Å². The highest BCUT2D eigenvalue weighted by atomic mass is 19.1. The van der Waals surface area contributed by atoms with Gasteiger partial charge in [-0.1, -0.05) is 0 Å². The van der Waals surface area contributed by atoms with Crippen LogP contribution in [0.2, 0.25) is 0 Å². The SMILES string of the molecule is CC(CF)Nc1cc(-n2ncc3cc(C#N)cnc32)ncc1C(=O)NCC(F)C(C)(C)O. The summed E-state index contributed by atoms with van der Waals surface area (Å²) in [5.41, 5.74) is -0.433. The fourth-order valence-corrected chi connectivity index (χ4v) is 2.84. The van der Waals surface area contributed by atoms with Crippen molar-refractivity contribution in [1.29, 1.82) is 5.26 Å². The fourth-order valence-electron chi connectivity index (χ4n) is 2.84. The molecule has 3 N–H and O–H groups in total. The molecule has 0 radical (unpaired) electrons. The summed E-state index contributed by atoms with van der Waals surface area (Å²) in [5.74, 6) is -0.325. The van der Waals surface area contributed by atoms with Crippen molar-refractivity contribution in [2.45, 2.75) is 38.6 Å². The number of halogens is 2. The second-order valence-electron chi connectivity index (χ2n) is 7.92. The lowest BCUT2D eigenvalue weighted by molar-refractivity contribution is -0.00177. The van der Waals surface area contributed by atoms with Gasteiger partial charge < -0.3 is 15.7 Å². The maximum absolute atomic E-state index is 14.0. The van der Waals surface area contributed by atoms with Crippen LogP contribution in [0.5, 0.6) is 0 Å². The molecule has 3 aromatic rings. The summed E-state index contributed by atoms with van der Waals surface area (Å²) in [4.78, 5) is 21.1. The van der Waals surface area contributed by atoms with Gasteiger partial charge in [0.15, 0.2) is 11.5 Å². The van der Waals surface area contributed by atoms with Gasteiger partial charge in [-0.25, -0.2) is 18.7 Å². The van der Waals surface area contributed by atoms with Gasteiger partial charge in [0, 0.05) is 23.8 Å². The number of carbonyl (C=O) groups excluding carboxylic acids is 1. The third-order valence-electron chi connectivity index (χ3n) is 4.73. The minimum atomic E-state index is -1.68. The first-order valence-electron chi connectivity index (χ1n) is 9.85. The van der Waals surface area contributed by atoms with Crippen molar-refractivity contribution in [3.8, 4) is 11.9 Å². The van der Waals surface area contributed by atoms with E-state index in [0.29, 0.717) is 22.4 Å². The van der Waals surface area contributed by atoms with Crippen LogP contribution in [-0.2, 0) is 0 Å². The average molecular weight is 443 g/mol. The highest BCUT2D eigenvalue weighted by Crippen LogP contribution is 2.22. The van der Waals surface area contributed by atoms with Crippen molar-refractivity contribution < 1.29 is 18.7 Å². The zero-order valence-electron chi connectivity index (χ0n) is 17.8. The molecule has 0 aliphatic rings. The molecule has 2 atom stereocenters. The third kappa shape index (κ3) is 4.97. The van der Waals surface area contributed by atoms with E-state index in [4.69, 9.17) is 5.26 Å². The van der Waals surface area contributed by atoms with Crippen LogP contribution < -0.4 is 10.6 Å². The van der Waals surface area contributed by atoms with Crippen molar-refractivity contribution in [2.75, 3.05) is 18.5 Å². The molecule has 11 heteroatoms. The smallest absolute Gasteiger partial charge is 0.255 e. The Morgan fingerprint density at radius 1 is 1.31 bits per heavy atom. The van der Waals surface area contributed by atoms with Gasteiger partial charge in [-0.15, -0.1) is 0 Å². The normalized spacial score (nSPS) is 13.4. The molecule has 0 saturated heterocycles. The number of aliphatic hydroxyl groups is 1. The van der Waals surface area contributed by atoms with Gasteiger partial charge in [0.1, 0.15) is 18.9 Å². The predicted molar refractivity (Wildman–Crippen MR) is 114 cm³/mol. The number of nitrogens with one attached hydrogen (secondary N) is 2. The Morgan fingerprint density at radius 3 is 2.72 bits per heavy atom. The Hall–Kier alpha value is -3.65. The number of pyridine rings is 2. The Balaban J connectivity index is 1.95. The Labute approximate surface area is 183 Å². The van der Waals surface area contributed by atoms with Crippen molar-refractivity contribution in [2.24, 2.45) is 0 Å². The molecule has 3 heterocycles. The summed E-state index contributed by atoms with van der Waals surface area (Å²) in [5, 5.41) is 28.9. The molecule has 0 fully saturated rings. The van der Waals surface area contributed by atoms with Gasteiger partial charge in [-0.2, -0.15) is 15.0 Å². The largest absolute Gasteiger partial charge is 0.387 e. The first kappa shape index (κ1) is 23.0. The number of nitrogens with zero attached hydrogens (tertiary/aromatic N) is 5. The maximum Gasteiger partial charge on any atom is 0.255 e. The number of alkyl halides is 2. The summed E-state index contributed by atoms with van der Waals surface area (Å²) < 4.78 is 28.6. The van der Waals surface area contributed by atoms with E-state index in [-0.39, 0.29) is 11.3 Å². The molecule has 0 aliphatic carbocycles. The number of aromatic nitrogens is 4. The molecule has 9 nitrogen and oxygen atoms in total. The van der Waals surface area contributed by atoms with Crippen molar-refractivity contribution in [3.63, 3.8) is 0 Å². The molecular formula is C21H23F2N7O2. The lowest BCUT2D eigenvalue weighted by atomic mass is 10.0. The van der Waals surface area contributed by atoms with E-state index in [1.807, 2.05) is 6.07 Å². The van der Waals surface area contributed by atoms with Crippen LogP contribution in [0.25, 0.3) is 16.9 Å². The van der Waals surface area contributed by atoms with E-state index in [0.717, 1.165) is 0 Å². The van der Waals surface area contributed by atoms with E-state index in [1.165, 1.54) is 43.2 Å². The number of carbonyl (C=O) groups is 1. The van der Waals surface area contributed by atoms with Crippen LogP contribution in [0.3, 0.4) is 0 Å². The average Bonchev–Trinajstić information content (AvgIpc) is 3.19. The topological polar surface area (TPSA) is 129 Å². The van der Waals surface area contributed by atoms with Crippen molar-refractivity contribution in [1.82, 2.24) is 25.1 Å². The zero-order valence-corrected chi connectivity index (χ0v) is 17.8.